The van der Waals surface area contributed by atoms with Crippen molar-refractivity contribution < 1.29 is 33.8 Å². The summed E-state index contributed by atoms with van der Waals surface area (Å²) in [5.41, 5.74) is 1.97. The van der Waals surface area contributed by atoms with Gasteiger partial charge in [0.05, 0.1) is 18.1 Å². The highest BCUT2D eigenvalue weighted by molar-refractivity contribution is 6.06. The van der Waals surface area contributed by atoms with Crippen LogP contribution in [0.15, 0.2) is 72.8 Å². The van der Waals surface area contributed by atoms with Crippen LogP contribution >= 0.6 is 0 Å². The number of cyclic esters (lactones) is 1. The molecule has 2 aromatic carbocycles. The van der Waals surface area contributed by atoms with Gasteiger partial charge < -0.3 is 29.3 Å². The average molecular weight is 656 g/mol. The average Bonchev–Trinajstić information content (AvgIpc) is 3.46. The van der Waals surface area contributed by atoms with Crippen LogP contribution in [0.4, 0.5) is 5.69 Å². The summed E-state index contributed by atoms with van der Waals surface area (Å²) < 4.78 is 13.2. The molecule has 2 saturated heterocycles. The summed E-state index contributed by atoms with van der Waals surface area (Å²) in [5, 5.41) is 9.55. The molecule has 10 nitrogen and oxygen atoms in total. The molecular formula is C38H45N3O7. The van der Waals surface area contributed by atoms with Crippen molar-refractivity contribution in [3.8, 4) is 0 Å². The molecule has 2 fully saturated rings. The van der Waals surface area contributed by atoms with Crippen LogP contribution in [0.3, 0.4) is 0 Å². The number of benzene rings is 2. The molecule has 48 heavy (non-hydrogen) atoms. The van der Waals surface area contributed by atoms with E-state index >= 15 is 0 Å². The van der Waals surface area contributed by atoms with E-state index in [-0.39, 0.29) is 43.8 Å². The normalized spacial score (nSPS) is 31.4. The SMILES string of the molecule is Cc1ccc(C)c(N2CC=C[C@@]34O[C@H]5/C=C\CCC(=O)N(C)[C@@H](C)[C@H](c6ccccc6)OC(=O)[C@H]5[C@@H]3C(=O)N(CCCCO)[C@H]4C2=O)c1. The van der Waals surface area contributed by atoms with E-state index in [1.165, 1.54) is 0 Å². The number of aliphatic hydroxyl groups excluding tert-OH is 1. The predicted molar refractivity (Wildman–Crippen MR) is 180 cm³/mol. The number of carbonyl (C=O) groups is 4. The Balaban J connectivity index is 1.45. The van der Waals surface area contributed by atoms with E-state index in [4.69, 9.17) is 9.47 Å². The number of ether oxygens (including phenoxy) is 2. The van der Waals surface area contributed by atoms with Gasteiger partial charge in [-0.05, 0) is 62.8 Å². The Labute approximate surface area is 282 Å². The fourth-order valence-corrected chi connectivity index (χ4v) is 7.75. The lowest BCUT2D eigenvalue weighted by molar-refractivity contribution is -0.164. The minimum atomic E-state index is -1.43. The van der Waals surface area contributed by atoms with E-state index in [2.05, 4.69) is 0 Å². The summed E-state index contributed by atoms with van der Waals surface area (Å²) in [4.78, 5) is 61.9. The van der Waals surface area contributed by atoms with Crippen LogP contribution in [0.5, 0.6) is 0 Å². The van der Waals surface area contributed by atoms with Gasteiger partial charge >= 0.3 is 5.97 Å². The van der Waals surface area contributed by atoms with Gasteiger partial charge in [-0.15, -0.1) is 0 Å². The highest BCUT2D eigenvalue weighted by Crippen LogP contribution is 2.53. The second-order valence-corrected chi connectivity index (χ2v) is 13.4. The van der Waals surface area contributed by atoms with Crippen molar-refractivity contribution in [1.82, 2.24) is 9.80 Å². The van der Waals surface area contributed by atoms with Crippen LogP contribution in [-0.2, 0) is 28.7 Å². The van der Waals surface area contributed by atoms with Crippen molar-refractivity contribution in [3.63, 3.8) is 0 Å². The van der Waals surface area contributed by atoms with Crippen LogP contribution < -0.4 is 4.90 Å². The van der Waals surface area contributed by atoms with Crippen molar-refractivity contribution in [2.24, 2.45) is 11.8 Å². The van der Waals surface area contributed by atoms with Gasteiger partial charge in [0.15, 0.2) is 0 Å². The molecule has 4 aliphatic rings. The van der Waals surface area contributed by atoms with E-state index in [9.17, 15) is 24.3 Å². The lowest BCUT2D eigenvalue weighted by Crippen LogP contribution is -2.55. The molecule has 4 heterocycles. The molecule has 0 bridgehead atoms. The topological polar surface area (TPSA) is 117 Å². The summed E-state index contributed by atoms with van der Waals surface area (Å²) in [6.07, 6.45) is 7.20. The molecule has 10 heteroatoms. The van der Waals surface area contributed by atoms with Crippen molar-refractivity contribution in [2.75, 3.05) is 31.6 Å². The second kappa shape index (κ2) is 13.7. The third-order valence-electron chi connectivity index (χ3n) is 10.4. The standard InChI is InChI=1S/C38H45N3O7/c1-24-17-18-25(2)28(23-24)40-21-12-19-38-32(35(44)41(20-10-11-22-42)34(38)36(40)45)31-29(48-38)15-8-9-16-30(43)39(4)26(3)33(47-37(31)46)27-13-6-5-7-14-27/h5-8,12-15,17-19,23,26,29,31-34,42H,9-11,16,20-22H2,1-4H3/b15-8-/t26-,29-,31+,32+,33+,34-,38+/m0/s1. The summed E-state index contributed by atoms with van der Waals surface area (Å²) >= 11 is 0. The number of fused-ring (bicyclic) bond motifs is 2. The number of hydrogen-bond acceptors (Lipinski definition) is 7. The van der Waals surface area contributed by atoms with Gasteiger partial charge in [0.25, 0.3) is 5.91 Å². The lowest BCUT2D eigenvalue weighted by atomic mass is 9.77. The van der Waals surface area contributed by atoms with Crippen LogP contribution in [0, 0.1) is 25.7 Å². The van der Waals surface area contributed by atoms with Gasteiger partial charge in [0.1, 0.15) is 23.7 Å². The van der Waals surface area contributed by atoms with Crippen LogP contribution in [-0.4, -0.2) is 89.1 Å². The number of allylic oxidation sites excluding steroid dienone is 1. The Morgan fingerprint density at radius 1 is 0.979 bits per heavy atom. The lowest BCUT2D eigenvalue weighted by Gasteiger charge is -2.36. The van der Waals surface area contributed by atoms with Gasteiger partial charge in [-0.1, -0.05) is 66.8 Å². The molecule has 1 N–H and O–H groups in total. The zero-order valence-electron chi connectivity index (χ0n) is 28.1. The summed E-state index contributed by atoms with van der Waals surface area (Å²) in [5.74, 6) is -3.39. The van der Waals surface area contributed by atoms with Gasteiger partial charge in [0.2, 0.25) is 11.8 Å². The van der Waals surface area contributed by atoms with Gasteiger partial charge in [-0.25, -0.2) is 0 Å². The monoisotopic (exact) mass is 655 g/mol. The number of esters is 1. The summed E-state index contributed by atoms with van der Waals surface area (Å²) in [6.45, 7) is 6.23. The van der Waals surface area contributed by atoms with Crippen molar-refractivity contribution in [3.05, 3.63) is 89.5 Å². The highest BCUT2D eigenvalue weighted by atomic mass is 16.6. The number of rotatable bonds is 6. The van der Waals surface area contributed by atoms with Crippen molar-refractivity contribution in [2.45, 2.75) is 76.3 Å². The zero-order chi connectivity index (χ0) is 34.2. The van der Waals surface area contributed by atoms with E-state index in [1.807, 2.05) is 87.5 Å². The predicted octanol–water partition coefficient (Wildman–Crippen LogP) is 4.04. The largest absolute Gasteiger partial charge is 0.455 e. The highest BCUT2D eigenvalue weighted by Gasteiger charge is 2.71. The number of anilines is 1. The number of aliphatic hydroxyl groups is 1. The van der Waals surface area contributed by atoms with E-state index < -0.39 is 47.7 Å². The Morgan fingerprint density at radius 2 is 1.75 bits per heavy atom. The molecule has 2 aromatic rings. The number of unbranched alkanes of at least 4 members (excludes halogenated alkanes) is 1. The van der Waals surface area contributed by atoms with Gasteiger partial charge in [-0.2, -0.15) is 0 Å². The molecule has 3 amide bonds. The van der Waals surface area contributed by atoms with Crippen molar-refractivity contribution >= 4 is 29.4 Å². The molecular weight excluding hydrogens is 610 g/mol. The maximum atomic E-state index is 14.8. The van der Waals surface area contributed by atoms with Crippen LogP contribution in [0.25, 0.3) is 0 Å². The Morgan fingerprint density at radius 3 is 2.50 bits per heavy atom. The van der Waals surface area contributed by atoms with Gasteiger partial charge in [-0.3, -0.25) is 19.2 Å². The fourth-order valence-electron chi connectivity index (χ4n) is 7.75. The number of nitrogens with zero attached hydrogens (tertiary/aromatic N) is 3. The molecule has 0 aliphatic carbocycles. The molecule has 7 atom stereocenters. The first kappa shape index (κ1) is 33.6. The fraction of sp³-hybridized carbons (Fsp3) is 0.474. The number of carbonyl (C=O) groups excluding carboxylic acids is 4. The summed E-state index contributed by atoms with van der Waals surface area (Å²) in [7, 11) is 1.71. The quantitative estimate of drug-likeness (QED) is 0.284. The minimum Gasteiger partial charge on any atom is -0.455 e. The second-order valence-electron chi connectivity index (χ2n) is 13.4. The number of likely N-dealkylation sites (tertiary alicyclic amines) is 1. The molecule has 6 rings (SSSR count). The number of hydrogen-bond donors (Lipinski definition) is 1. The zero-order valence-corrected chi connectivity index (χ0v) is 28.1. The molecule has 1 spiro atoms. The Bertz CT molecular complexity index is 1620. The molecule has 4 aliphatic heterocycles. The first-order chi connectivity index (χ1) is 23.1. The number of amides is 3. The van der Waals surface area contributed by atoms with Gasteiger partial charge in [0, 0.05) is 38.9 Å². The third-order valence-corrected chi connectivity index (χ3v) is 10.4. The molecule has 0 saturated carbocycles. The molecule has 0 aromatic heterocycles. The van der Waals surface area contributed by atoms with E-state index in [1.54, 1.807) is 27.8 Å². The third kappa shape index (κ3) is 5.85. The van der Waals surface area contributed by atoms with Crippen LogP contribution in [0.1, 0.15) is 55.4 Å². The van der Waals surface area contributed by atoms with E-state index in [0.29, 0.717) is 19.3 Å². The molecule has 0 unspecified atom stereocenters. The van der Waals surface area contributed by atoms with Crippen LogP contribution in [0.2, 0.25) is 0 Å². The number of likely N-dealkylation sites (N-methyl/N-ethyl adjacent to an activating group) is 1. The summed E-state index contributed by atoms with van der Waals surface area (Å²) in [6, 6.07) is 13.7. The Kier molecular flexibility index (Phi) is 9.58. The first-order valence-corrected chi connectivity index (χ1v) is 16.9. The minimum absolute atomic E-state index is 0.0436. The first-order valence-electron chi connectivity index (χ1n) is 16.9. The molecule has 0 radical (unpaired) electrons. The maximum Gasteiger partial charge on any atom is 0.313 e. The Hall–Kier alpha value is -4.28. The smallest absolute Gasteiger partial charge is 0.313 e. The van der Waals surface area contributed by atoms with E-state index in [0.717, 1.165) is 22.4 Å². The number of aryl methyl sites for hydroxylation is 2. The van der Waals surface area contributed by atoms with Crippen molar-refractivity contribution in [1.29, 1.82) is 0 Å². The maximum absolute atomic E-state index is 14.8. The molecule has 254 valence electrons.